The summed E-state index contributed by atoms with van der Waals surface area (Å²) in [4.78, 5) is 11.2. The van der Waals surface area contributed by atoms with Gasteiger partial charge in [-0.05, 0) is 73.6 Å². The molecule has 3 fully saturated rings. The van der Waals surface area contributed by atoms with Crippen LogP contribution in [0.4, 0.5) is 4.39 Å². The van der Waals surface area contributed by atoms with Gasteiger partial charge in [0.25, 0.3) is 0 Å². The zero-order chi connectivity index (χ0) is 25.5. The molecule has 0 amide bonds. The van der Waals surface area contributed by atoms with Crippen LogP contribution in [0.25, 0.3) is 0 Å². The lowest BCUT2D eigenvalue weighted by Crippen LogP contribution is -2.47. The summed E-state index contributed by atoms with van der Waals surface area (Å²) >= 11 is 0. The van der Waals surface area contributed by atoms with Crippen molar-refractivity contribution in [3.05, 3.63) is 46.3 Å². The van der Waals surface area contributed by atoms with Crippen molar-refractivity contribution in [1.29, 1.82) is 0 Å². The Kier molecular flexibility index (Phi) is 7.24. The maximum absolute atomic E-state index is 14.2. The molecule has 8 nitrogen and oxygen atoms in total. The minimum atomic E-state index is -0.515. The molecule has 9 heteroatoms. The summed E-state index contributed by atoms with van der Waals surface area (Å²) in [6, 6.07) is 4.26. The number of halogens is 1. The van der Waals surface area contributed by atoms with E-state index in [0.29, 0.717) is 30.0 Å². The number of fused-ring (bicyclic) bond motifs is 2. The monoisotopic (exact) mass is 512 g/mol. The van der Waals surface area contributed by atoms with Crippen molar-refractivity contribution < 1.29 is 14.2 Å². The van der Waals surface area contributed by atoms with Gasteiger partial charge < -0.3 is 20.1 Å². The molecule has 1 aromatic carbocycles. The standard InChI is InChI=1S/C28H41FN6O2/c1-3-16-11-26(36)22(29)14-21(16)17-4-5-20-24(10-17)33-34-27(20)28-31-23-6-8-35(15-25(23)32-28)9-7-30-18-12-19(13-18)37-2/h11,14,17-20,24,27,30,33-34,36H,3-10,12-13,15H2,1-2H3,(H,31,32). The molecular weight excluding hydrogens is 471 g/mol. The van der Waals surface area contributed by atoms with E-state index in [1.165, 1.54) is 11.4 Å². The maximum atomic E-state index is 14.2. The van der Waals surface area contributed by atoms with Gasteiger partial charge in [-0.3, -0.25) is 10.3 Å². The van der Waals surface area contributed by atoms with Crippen LogP contribution in [0.3, 0.4) is 0 Å². The van der Waals surface area contributed by atoms with Gasteiger partial charge in [0.15, 0.2) is 11.6 Å². The molecule has 2 saturated carbocycles. The largest absolute Gasteiger partial charge is 0.505 e. The second kappa shape index (κ2) is 10.6. The molecule has 1 saturated heterocycles. The summed E-state index contributed by atoms with van der Waals surface area (Å²) in [6.07, 6.45) is 7.51. The molecule has 37 heavy (non-hydrogen) atoms. The Bertz CT molecular complexity index is 1100. The van der Waals surface area contributed by atoms with Crippen molar-refractivity contribution >= 4 is 0 Å². The number of nitrogens with one attached hydrogen (secondary N) is 4. The van der Waals surface area contributed by atoms with Gasteiger partial charge in [-0.2, -0.15) is 0 Å². The maximum Gasteiger partial charge on any atom is 0.165 e. The van der Waals surface area contributed by atoms with E-state index in [1.807, 2.05) is 0 Å². The van der Waals surface area contributed by atoms with Crippen LogP contribution in [-0.2, 0) is 24.1 Å². The van der Waals surface area contributed by atoms with Crippen LogP contribution >= 0.6 is 0 Å². The smallest absolute Gasteiger partial charge is 0.165 e. The molecule has 2 aliphatic carbocycles. The molecule has 0 spiro atoms. The van der Waals surface area contributed by atoms with Gasteiger partial charge in [0.1, 0.15) is 5.82 Å². The summed E-state index contributed by atoms with van der Waals surface area (Å²) in [5.74, 6) is 1.04. The normalized spacial score (nSPS) is 31.6. The predicted octanol–water partition coefficient (Wildman–Crippen LogP) is 3.04. The molecule has 0 radical (unpaired) electrons. The lowest BCUT2D eigenvalue weighted by atomic mass is 9.73. The Morgan fingerprint density at radius 2 is 2.08 bits per heavy atom. The lowest BCUT2D eigenvalue weighted by Gasteiger charge is -2.35. The van der Waals surface area contributed by atoms with Gasteiger partial charge in [-0.1, -0.05) is 6.92 Å². The second-order valence-electron chi connectivity index (χ2n) is 11.5. The number of ether oxygens (including phenoxy) is 1. The fourth-order valence-electron chi connectivity index (χ4n) is 6.98. The van der Waals surface area contributed by atoms with Gasteiger partial charge in [-0.15, -0.1) is 0 Å². The van der Waals surface area contributed by atoms with Crippen LogP contribution in [-0.4, -0.2) is 64.9 Å². The van der Waals surface area contributed by atoms with Crippen molar-refractivity contribution in [1.82, 2.24) is 31.0 Å². The SMILES string of the molecule is CCc1cc(O)c(F)cc1C1CCC2C(C1)NNC2c1nc2c([nH]1)CN(CCNC1CC(OC)C1)CC2. The third-order valence-electron chi connectivity index (χ3n) is 9.30. The Balaban J connectivity index is 1.05. The summed E-state index contributed by atoms with van der Waals surface area (Å²) in [5, 5.41) is 13.5. The number of aromatic hydroxyl groups is 1. The number of phenols is 1. The number of aromatic amines is 1. The van der Waals surface area contributed by atoms with Gasteiger partial charge in [0.05, 0.1) is 23.5 Å². The number of H-pyrrole nitrogens is 1. The molecule has 0 bridgehead atoms. The average Bonchev–Trinajstić information content (AvgIpc) is 3.49. The zero-order valence-electron chi connectivity index (χ0n) is 22.0. The first-order chi connectivity index (χ1) is 18.0. The number of benzene rings is 1. The highest BCUT2D eigenvalue weighted by molar-refractivity contribution is 5.39. The number of hydrazine groups is 1. The van der Waals surface area contributed by atoms with Crippen LogP contribution in [0.2, 0.25) is 0 Å². The van der Waals surface area contributed by atoms with Gasteiger partial charge >= 0.3 is 0 Å². The van der Waals surface area contributed by atoms with Crippen LogP contribution in [0, 0.1) is 11.7 Å². The van der Waals surface area contributed by atoms with Crippen molar-refractivity contribution in [3.63, 3.8) is 0 Å². The van der Waals surface area contributed by atoms with E-state index in [9.17, 15) is 9.50 Å². The van der Waals surface area contributed by atoms with E-state index >= 15 is 0 Å². The number of hydrogen-bond acceptors (Lipinski definition) is 7. The lowest BCUT2D eigenvalue weighted by molar-refractivity contribution is 0.0168. The summed E-state index contributed by atoms with van der Waals surface area (Å²) in [6.45, 7) is 6.11. The third kappa shape index (κ3) is 5.04. The quantitative estimate of drug-likeness (QED) is 0.371. The average molecular weight is 513 g/mol. The fraction of sp³-hybridized carbons (Fsp3) is 0.679. The van der Waals surface area contributed by atoms with Crippen molar-refractivity contribution in [3.8, 4) is 5.75 Å². The Labute approximate surface area is 218 Å². The summed E-state index contributed by atoms with van der Waals surface area (Å²) in [7, 11) is 1.80. The first-order valence-corrected chi connectivity index (χ1v) is 14.1. The van der Waals surface area contributed by atoms with E-state index in [4.69, 9.17) is 9.72 Å². The van der Waals surface area contributed by atoms with E-state index in [0.717, 1.165) is 88.1 Å². The first kappa shape index (κ1) is 25.2. The summed E-state index contributed by atoms with van der Waals surface area (Å²) in [5.41, 5.74) is 11.6. The Morgan fingerprint density at radius 1 is 1.22 bits per heavy atom. The fourth-order valence-corrected chi connectivity index (χ4v) is 6.98. The molecule has 202 valence electrons. The number of nitrogens with zero attached hydrogens (tertiary/aromatic N) is 2. The Hall–Kier alpha value is -2.04. The topological polar surface area (TPSA) is 97.5 Å². The molecule has 5 N–H and O–H groups in total. The molecule has 4 aliphatic rings. The van der Waals surface area contributed by atoms with E-state index in [-0.39, 0.29) is 11.8 Å². The highest BCUT2D eigenvalue weighted by Gasteiger charge is 2.43. The van der Waals surface area contributed by atoms with E-state index in [1.54, 1.807) is 19.2 Å². The van der Waals surface area contributed by atoms with Gasteiger partial charge in [0.2, 0.25) is 0 Å². The van der Waals surface area contributed by atoms with Crippen molar-refractivity contribution in [2.45, 2.75) is 88.6 Å². The number of methoxy groups -OCH3 is 1. The second-order valence-corrected chi connectivity index (χ2v) is 11.5. The van der Waals surface area contributed by atoms with Crippen molar-refractivity contribution in [2.75, 3.05) is 26.7 Å². The van der Waals surface area contributed by atoms with Gasteiger partial charge in [0, 0.05) is 51.8 Å². The number of phenolic OH excluding ortho intramolecular Hbond substituents is 1. The number of aromatic nitrogens is 2. The molecule has 3 heterocycles. The van der Waals surface area contributed by atoms with Crippen LogP contribution in [0.15, 0.2) is 12.1 Å². The van der Waals surface area contributed by atoms with Crippen LogP contribution in [0.5, 0.6) is 5.75 Å². The molecule has 4 atom stereocenters. The molecule has 2 aromatic rings. The van der Waals surface area contributed by atoms with E-state index < -0.39 is 5.82 Å². The summed E-state index contributed by atoms with van der Waals surface area (Å²) < 4.78 is 19.6. The van der Waals surface area contributed by atoms with Crippen LogP contribution in [0.1, 0.15) is 79.3 Å². The van der Waals surface area contributed by atoms with E-state index in [2.05, 4.69) is 33.0 Å². The number of rotatable bonds is 8. The van der Waals surface area contributed by atoms with Gasteiger partial charge in [-0.25, -0.2) is 14.8 Å². The molecule has 6 rings (SSSR count). The minimum Gasteiger partial charge on any atom is -0.505 e. The Morgan fingerprint density at radius 3 is 2.89 bits per heavy atom. The van der Waals surface area contributed by atoms with Crippen molar-refractivity contribution in [2.24, 2.45) is 5.92 Å². The molecule has 2 aliphatic heterocycles. The number of hydrogen-bond donors (Lipinski definition) is 5. The predicted molar refractivity (Wildman–Crippen MR) is 140 cm³/mol. The zero-order valence-corrected chi connectivity index (χ0v) is 22.0. The number of imidazole rings is 1. The molecular formula is C28H41FN6O2. The molecule has 4 unspecified atom stereocenters. The van der Waals surface area contributed by atoms with Crippen LogP contribution < -0.4 is 16.2 Å². The third-order valence-corrected chi connectivity index (χ3v) is 9.30. The highest BCUT2D eigenvalue weighted by Crippen LogP contribution is 2.44. The minimum absolute atomic E-state index is 0.168. The highest BCUT2D eigenvalue weighted by atomic mass is 19.1. The molecule has 1 aromatic heterocycles. The number of aryl methyl sites for hydroxylation is 1. The first-order valence-electron chi connectivity index (χ1n) is 14.1.